The van der Waals surface area contributed by atoms with Gasteiger partial charge in [0.15, 0.2) is 0 Å². The van der Waals surface area contributed by atoms with Crippen LogP contribution in [0, 0.1) is 0 Å². The van der Waals surface area contributed by atoms with Crippen LogP contribution in [-0.4, -0.2) is 17.1 Å². The molecule has 2 N–H and O–H groups in total. The van der Waals surface area contributed by atoms with E-state index in [1.54, 1.807) is 31.4 Å². The molecule has 8 heteroatoms. The maximum Gasteiger partial charge on any atom is 0.421 e. The Morgan fingerprint density at radius 3 is 2.12 bits per heavy atom. The second-order valence-corrected chi connectivity index (χ2v) is 7.89. The van der Waals surface area contributed by atoms with Crippen LogP contribution >= 0.6 is 0 Å². The molecule has 1 heterocycles. The quantitative estimate of drug-likeness (QED) is 0.429. The maximum atomic E-state index is 13.5. The molecule has 4 rings (SSSR count). The molecule has 2 aromatic carbocycles. The molecule has 0 bridgehead atoms. The average Bonchev–Trinajstić information content (AvgIpc) is 2.80. The van der Waals surface area contributed by atoms with Crippen LogP contribution in [0.1, 0.15) is 49.1 Å². The van der Waals surface area contributed by atoms with Crippen LogP contribution in [0.5, 0.6) is 5.75 Å². The summed E-state index contributed by atoms with van der Waals surface area (Å²) < 4.78 is 45.7. The fraction of sp³-hybridized carbons (Fsp3) is 0.333. The standard InChI is InChI=1S/C24H25F3N4O/c1-32-20-13-11-19(12-14-20)30-23-28-15-21(24(25,26)27)22(31-23)29-18-9-7-17(8-10-18)16-5-3-2-4-6-16/h7-16H,2-6H2,1H3,(H2,28,29,30,31). The lowest BCUT2D eigenvalue weighted by atomic mass is 9.84. The highest BCUT2D eigenvalue weighted by Crippen LogP contribution is 2.36. The van der Waals surface area contributed by atoms with Crippen molar-refractivity contribution in [3.63, 3.8) is 0 Å². The molecule has 0 spiro atoms. The second kappa shape index (κ2) is 9.46. The summed E-state index contributed by atoms with van der Waals surface area (Å²) in [6.45, 7) is 0. The number of halogens is 3. The second-order valence-electron chi connectivity index (χ2n) is 7.89. The van der Waals surface area contributed by atoms with E-state index in [1.165, 1.54) is 24.8 Å². The molecule has 0 aliphatic heterocycles. The largest absolute Gasteiger partial charge is 0.497 e. The van der Waals surface area contributed by atoms with E-state index in [1.807, 2.05) is 24.3 Å². The number of rotatable bonds is 6. The molecular formula is C24H25F3N4O. The predicted molar refractivity (Wildman–Crippen MR) is 119 cm³/mol. The summed E-state index contributed by atoms with van der Waals surface area (Å²) in [6.07, 6.45) is 2.27. The van der Waals surface area contributed by atoms with Crippen molar-refractivity contribution in [1.29, 1.82) is 0 Å². The molecule has 1 aliphatic rings. The number of ether oxygens (including phenoxy) is 1. The maximum absolute atomic E-state index is 13.5. The Bertz CT molecular complexity index is 1030. The van der Waals surface area contributed by atoms with E-state index in [0.29, 0.717) is 23.0 Å². The topological polar surface area (TPSA) is 59.1 Å². The predicted octanol–water partition coefficient (Wildman–Crippen LogP) is 7.04. The third-order valence-corrected chi connectivity index (χ3v) is 5.69. The third-order valence-electron chi connectivity index (χ3n) is 5.69. The van der Waals surface area contributed by atoms with E-state index in [4.69, 9.17) is 4.74 Å². The van der Waals surface area contributed by atoms with E-state index >= 15 is 0 Å². The first-order valence-corrected chi connectivity index (χ1v) is 10.6. The Hall–Kier alpha value is -3.29. The first-order chi connectivity index (χ1) is 15.4. The van der Waals surface area contributed by atoms with E-state index in [0.717, 1.165) is 19.0 Å². The molecule has 1 fully saturated rings. The van der Waals surface area contributed by atoms with Crippen LogP contribution in [0.25, 0.3) is 0 Å². The highest BCUT2D eigenvalue weighted by molar-refractivity contribution is 5.63. The number of anilines is 4. The Kier molecular flexibility index (Phi) is 6.48. The van der Waals surface area contributed by atoms with Gasteiger partial charge in [0.25, 0.3) is 0 Å². The van der Waals surface area contributed by atoms with Crippen molar-refractivity contribution in [2.24, 2.45) is 0 Å². The van der Waals surface area contributed by atoms with Crippen molar-refractivity contribution >= 4 is 23.1 Å². The van der Waals surface area contributed by atoms with Crippen LogP contribution in [-0.2, 0) is 6.18 Å². The van der Waals surface area contributed by atoms with Crippen LogP contribution in [0.4, 0.5) is 36.3 Å². The molecule has 0 atom stereocenters. The Morgan fingerprint density at radius 2 is 1.50 bits per heavy atom. The molecule has 0 amide bonds. The van der Waals surface area contributed by atoms with Gasteiger partial charge in [-0.05, 0) is 60.7 Å². The first kappa shape index (κ1) is 21.9. The lowest BCUT2D eigenvalue weighted by Gasteiger charge is -2.22. The summed E-state index contributed by atoms with van der Waals surface area (Å²) in [5.41, 5.74) is 1.49. The number of benzene rings is 2. The van der Waals surface area contributed by atoms with Gasteiger partial charge in [0, 0.05) is 17.6 Å². The molecule has 32 heavy (non-hydrogen) atoms. The fourth-order valence-corrected chi connectivity index (χ4v) is 3.96. The third kappa shape index (κ3) is 5.30. The number of nitrogens with zero attached hydrogens (tertiary/aromatic N) is 2. The number of methoxy groups -OCH3 is 1. The van der Waals surface area contributed by atoms with Crippen LogP contribution < -0.4 is 15.4 Å². The van der Waals surface area contributed by atoms with Crippen LogP contribution in [0.3, 0.4) is 0 Å². The number of hydrogen-bond donors (Lipinski definition) is 2. The van der Waals surface area contributed by atoms with Gasteiger partial charge in [-0.3, -0.25) is 0 Å². The Labute approximate surface area is 185 Å². The number of alkyl halides is 3. The fourth-order valence-electron chi connectivity index (χ4n) is 3.96. The lowest BCUT2D eigenvalue weighted by molar-refractivity contribution is -0.137. The molecule has 168 valence electrons. The van der Waals surface area contributed by atoms with Gasteiger partial charge in [-0.15, -0.1) is 0 Å². The van der Waals surface area contributed by atoms with Gasteiger partial charge < -0.3 is 15.4 Å². The monoisotopic (exact) mass is 442 g/mol. The normalized spacial score (nSPS) is 14.8. The SMILES string of the molecule is COc1ccc(Nc2ncc(C(F)(F)F)c(Nc3ccc(C4CCCCC4)cc3)n2)cc1. The summed E-state index contributed by atoms with van der Waals surface area (Å²) in [5.74, 6) is 0.962. The van der Waals surface area contributed by atoms with Gasteiger partial charge >= 0.3 is 6.18 Å². The van der Waals surface area contributed by atoms with E-state index < -0.39 is 11.7 Å². The van der Waals surface area contributed by atoms with Gasteiger partial charge in [-0.2, -0.15) is 18.2 Å². The zero-order chi connectivity index (χ0) is 22.6. The molecule has 0 saturated heterocycles. The van der Waals surface area contributed by atoms with Crippen LogP contribution in [0.2, 0.25) is 0 Å². The molecule has 5 nitrogen and oxygen atoms in total. The van der Waals surface area contributed by atoms with Crippen molar-refractivity contribution in [1.82, 2.24) is 9.97 Å². The molecular weight excluding hydrogens is 417 g/mol. The zero-order valence-corrected chi connectivity index (χ0v) is 17.7. The Morgan fingerprint density at radius 1 is 0.875 bits per heavy atom. The van der Waals surface area contributed by atoms with Crippen molar-refractivity contribution in [3.8, 4) is 5.75 Å². The van der Waals surface area contributed by atoms with E-state index in [-0.39, 0.29) is 11.8 Å². The van der Waals surface area contributed by atoms with Gasteiger partial charge in [0.05, 0.1) is 7.11 Å². The molecule has 1 saturated carbocycles. The highest BCUT2D eigenvalue weighted by atomic mass is 19.4. The minimum Gasteiger partial charge on any atom is -0.497 e. The highest BCUT2D eigenvalue weighted by Gasteiger charge is 2.35. The van der Waals surface area contributed by atoms with Gasteiger partial charge in [-0.25, -0.2) is 4.98 Å². The van der Waals surface area contributed by atoms with Gasteiger partial charge in [0.1, 0.15) is 17.1 Å². The summed E-state index contributed by atoms with van der Waals surface area (Å²) >= 11 is 0. The minimum atomic E-state index is -4.58. The first-order valence-electron chi connectivity index (χ1n) is 10.6. The molecule has 0 unspecified atom stereocenters. The Balaban J connectivity index is 1.55. The lowest BCUT2D eigenvalue weighted by Crippen LogP contribution is -2.12. The number of aromatic nitrogens is 2. The average molecular weight is 442 g/mol. The van der Waals surface area contributed by atoms with Crippen molar-refractivity contribution in [2.75, 3.05) is 17.7 Å². The zero-order valence-electron chi connectivity index (χ0n) is 17.7. The molecule has 1 aromatic heterocycles. The van der Waals surface area contributed by atoms with Gasteiger partial charge in [0.2, 0.25) is 5.95 Å². The minimum absolute atomic E-state index is 0.0597. The van der Waals surface area contributed by atoms with Crippen LogP contribution in [0.15, 0.2) is 54.7 Å². The van der Waals surface area contributed by atoms with Crippen molar-refractivity contribution in [2.45, 2.75) is 44.2 Å². The molecule has 0 radical (unpaired) electrons. The number of nitrogens with one attached hydrogen (secondary N) is 2. The summed E-state index contributed by atoms with van der Waals surface area (Å²) in [7, 11) is 1.56. The summed E-state index contributed by atoms with van der Waals surface area (Å²) in [4.78, 5) is 7.95. The van der Waals surface area contributed by atoms with E-state index in [9.17, 15) is 13.2 Å². The van der Waals surface area contributed by atoms with Crippen molar-refractivity contribution in [3.05, 3.63) is 65.9 Å². The molecule has 1 aliphatic carbocycles. The smallest absolute Gasteiger partial charge is 0.421 e. The summed E-state index contributed by atoms with van der Waals surface area (Å²) in [6, 6.07) is 14.5. The van der Waals surface area contributed by atoms with E-state index in [2.05, 4.69) is 20.6 Å². The van der Waals surface area contributed by atoms with Gasteiger partial charge in [-0.1, -0.05) is 31.4 Å². The summed E-state index contributed by atoms with van der Waals surface area (Å²) in [5, 5.41) is 5.75. The number of hydrogen-bond acceptors (Lipinski definition) is 5. The van der Waals surface area contributed by atoms with Crippen molar-refractivity contribution < 1.29 is 17.9 Å². The molecule has 3 aromatic rings.